The van der Waals surface area contributed by atoms with Gasteiger partial charge in [-0.2, -0.15) is 0 Å². The molecule has 0 spiro atoms. The third-order valence-electron chi connectivity index (χ3n) is 2.95. The topological polar surface area (TPSA) is 22.1 Å². The van der Waals surface area contributed by atoms with Crippen molar-refractivity contribution in [1.82, 2.24) is 4.98 Å². The Bertz CT molecular complexity index is 312. The maximum absolute atomic E-state index is 5.77. The Morgan fingerprint density at radius 3 is 3.00 bits per heavy atom. The van der Waals surface area contributed by atoms with Crippen molar-refractivity contribution in [3.8, 4) is 0 Å². The minimum atomic E-state index is 0.537. The molecule has 1 aliphatic rings. The van der Waals surface area contributed by atoms with Gasteiger partial charge in [0, 0.05) is 12.8 Å². The molecule has 2 rings (SSSR count). The van der Waals surface area contributed by atoms with E-state index in [1.807, 2.05) is 12.1 Å². The molecule has 0 saturated heterocycles. The molecule has 0 unspecified atom stereocenters. The fourth-order valence-corrected chi connectivity index (χ4v) is 1.95. The summed E-state index contributed by atoms with van der Waals surface area (Å²) in [6.07, 6.45) is 7.12. The lowest BCUT2D eigenvalue weighted by Gasteiger charge is -2.24. The molecule has 3 heteroatoms. The number of halogens is 1. The lowest BCUT2D eigenvalue weighted by Crippen LogP contribution is -2.13. The largest absolute Gasteiger partial charge is 0.377 e. The molecule has 1 aromatic heterocycles. The van der Waals surface area contributed by atoms with Gasteiger partial charge in [0.15, 0.2) is 0 Å². The quantitative estimate of drug-likeness (QED) is 0.566. The molecule has 15 heavy (non-hydrogen) atoms. The van der Waals surface area contributed by atoms with E-state index in [0.717, 1.165) is 18.1 Å². The second-order valence-electron chi connectivity index (χ2n) is 4.13. The molecule has 0 aliphatic heterocycles. The van der Waals surface area contributed by atoms with Gasteiger partial charge in [0.2, 0.25) is 0 Å². The van der Waals surface area contributed by atoms with Gasteiger partial charge < -0.3 is 4.74 Å². The smallest absolute Gasteiger partial charge is 0.129 e. The van der Waals surface area contributed by atoms with Crippen LogP contribution in [0.5, 0.6) is 0 Å². The molecule has 2 nitrogen and oxygen atoms in total. The second-order valence-corrected chi connectivity index (χ2v) is 4.51. The first-order chi connectivity index (χ1) is 7.34. The van der Waals surface area contributed by atoms with Crippen LogP contribution in [-0.4, -0.2) is 11.6 Å². The summed E-state index contributed by atoms with van der Waals surface area (Å²) in [7, 11) is 0. The van der Waals surface area contributed by atoms with Gasteiger partial charge in [-0.15, -0.1) is 0 Å². The molecular formula is C12H16ClNO. The zero-order valence-electron chi connectivity index (χ0n) is 8.79. The average molecular weight is 226 g/mol. The van der Waals surface area contributed by atoms with Gasteiger partial charge in [-0.25, -0.2) is 4.98 Å². The highest BCUT2D eigenvalue weighted by Crippen LogP contribution is 2.29. The predicted molar refractivity (Wildman–Crippen MR) is 60.9 cm³/mol. The van der Waals surface area contributed by atoms with Gasteiger partial charge in [0.1, 0.15) is 5.15 Å². The summed E-state index contributed by atoms with van der Waals surface area (Å²) in [5.74, 6) is 0.922. The van der Waals surface area contributed by atoms with Gasteiger partial charge in [0.05, 0.1) is 6.61 Å². The second kappa shape index (κ2) is 5.47. The summed E-state index contributed by atoms with van der Waals surface area (Å²) < 4.78 is 5.59. The first kappa shape index (κ1) is 10.9. The van der Waals surface area contributed by atoms with Crippen LogP contribution in [0.15, 0.2) is 18.3 Å². The average Bonchev–Trinajstić information content (AvgIpc) is 2.15. The van der Waals surface area contributed by atoms with Gasteiger partial charge in [-0.1, -0.05) is 30.9 Å². The molecule has 82 valence electrons. The van der Waals surface area contributed by atoms with Crippen molar-refractivity contribution in [3.05, 3.63) is 29.0 Å². The summed E-state index contributed by atoms with van der Waals surface area (Å²) in [6.45, 7) is 1.51. The number of aromatic nitrogens is 1. The number of ether oxygens (including phenoxy) is 1. The highest BCUT2D eigenvalue weighted by Gasteiger charge is 2.16. The molecule has 0 N–H and O–H groups in total. The maximum atomic E-state index is 5.77. The standard InChI is InChI=1S/C12H16ClNO/c13-12-8-11(4-6-14-12)9-15-7-5-10-2-1-3-10/h4,6,8,10H,1-3,5,7,9H2. The fourth-order valence-electron chi connectivity index (χ4n) is 1.75. The van der Waals surface area contributed by atoms with Gasteiger partial charge >= 0.3 is 0 Å². The number of hydrogen-bond donors (Lipinski definition) is 0. The molecule has 1 saturated carbocycles. The minimum absolute atomic E-state index is 0.537. The van der Waals surface area contributed by atoms with Crippen molar-refractivity contribution in [3.63, 3.8) is 0 Å². The van der Waals surface area contributed by atoms with Crippen LogP contribution >= 0.6 is 11.6 Å². The van der Waals surface area contributed by atoms with E-state index in [4.69, 9.17) is 16.3 Å². The Morgan fingerprint density at radius 2 is 2.33 bits per heavy atom. The van der Waals surface area contributed by atoms with Crippen LogP contribution in [0.3, 0.4) is 0 Å². The summed E-state index contributed by atoms with van der Waals surface area (Å²) in [4.78, 5) is 3.93. The van der Waals surface area contributed by atoms with Gasteiger partial charge in [-0.3, -0.25) is 0 Å². The summed E-state index contributed by atoms with van der Waals surface area (Å²) in [5, 5.41) is 0.537. The molecule has 1 heterocycles. The highest BCUT2D eigenvalue weighted by molar-refractivity contribution is 6.29. The number of pyridine rings is 1. The van der Waals surface area contributed by atoms with Crippen molar-refractivity contribution in [2.45, 2.75) is 32.3 Å². The Labute approximate surface area is 95.6 Å². The van der Waals surface area contributed by atoms with E-state index >= 15 is 0 Å². The number of hydrogen-bond acceptors (Lipinski definition) is 2. The first-order valence-corrected chi connectivity index (χ1v) is 5.90. The van der Waals surface area contributed by atoms with E-state index in [9.17, 15) is 0 Å². The van der Waals surface area contributed by atoms with Gasteiger partial charge in [-0.05, 0) is 30.0 Å². The summed E-state index contributed by atoms with van der Waals surface area (Å²) in [6, 6.07) is 3.79. The van der Waals surface area contributed by atoms with E-state index in [0.29, 0.717) is 11.8 Å². The van der Waals surface area contributed by atoms with Crippen LogP contribution in [0.4, 0.5) is 0 Å². The monoisotopic (exact) mass is 225 g/mol. The molecular weight excluding hydrogens is 210 g/mol. The van der Waals surface area contributed by atoms with Gasteiger partial charge in [0.25, 0.3) is 0 Å². The van der Waals surface area contributed by atoms with Crippen LogP contribution in [0, 0.1) is 5.92 Å². The Balaban J connectivity index is 1.64. The Morgan fingerprint density at radius 1 is 1.47 bits per heavy atom. The van der Waals surface area contributed by atoms with Crippen molar-refractivity contribution >= 4 is 11.6 Å². The van der Waals surface area contributed by atoms with E-state index in [1.165, 1.54) is 25.7 Å². The molecule has 1 aromatic rings. The molecule has 0 radical (unpaired) electrons. The van der Waals surface area contributed by atoms with E-state index in [1.54, 1.807) is 6.20 Å². The zero-order valence-corrected chi connectivity index (χ0v) is 9.54. The lowest BCUT2D eigenvalue weighted by atomic mass is 9.83. The van der Waals surface area contributed by atoms with Crippen LogP contribution in [0.2, 0.25) is 5.15 Å². The van der Waals surface area contributed by atoms with Crippen LogP contribution in [-0.2, 0) is 11.3 Å². The molecule has 0 amide bonds. The zero-order chi connectivity index (χ0) is 10.5. The Hall–Kier alpha value is -0.600. The molecule has 0 atom stereocenters. The summed E-state index contributed by atoms with van der Waals surface area (Å²) >= 11 is 5.77. The van der Waals surface area contributed by atoms with Crippen LogP contribution in [0.1, 0.15) is 31.2 Å². The maximum Gasteiger partial charge on any atom is 0.129 e. The molecule has 1 aliphatic carbocycles. The third kappa shape index (κ3) is 3.47. The van der Waals surface area contributed by atoms with Crippen molar-refractivity contribution in [2.24, 2.45) is 5.92 Å². The van der Waals surface area contributed by atoms with Crippen molar-refractivity contribution < 1.29 is 4.74 Å². The Kier molecular flexibility index (Phi) is 3.98. The number of nitrogens with zero attached hydrogens (tertiary/aromatic N) is 1. The molecule has 0 aromatic carbocycles. The predicted octanol–water partition coefficient (Wildman–Crippen LogP) is 3.44. The first-order valence-electron chi connectivity index (χ1n) is 5.53. The SMILES string of the molecule is Clc1cc(COCCC2CCC2)ccn1. The van der Waals surface area contributed by atoms with Crippen LogP contribution in [0.25, 0.3) is 0 Å². The molecule has 1 fully saturated rings. The van der Waals surface area contributed by atoms with E-state index < -0.39 is 0 Å². The molecule has 0 bridgehead atoms. The van der Waals surface area contributed by atoms with E-state index in [-0.39, 0.29) is 0 Å². The van der Waals surface area contributed by atoms with E-state index in [2.05, 4.69) is 4.98 Å². The van der Waals surface area contributed by atoms with Crippen LogP contribution < -0.4 is 0 Å². The third-order valence-corrected chi connectivity index (χ3v) is 3.16. The van der Waals surface area contributed by atoms with Crippen molar-refractivity contribution in [2.75, 3.05) is 6.61 Å². The highest BCUT2D eigenvalue weighted by atomic mass is 35.5. The fraction of sp³-hybridized carbons (Fsp3) is 0.583. The summed E-state index contributed by atoms with van der Waals surface area (Å²) in [5.41, 5.74) is 1.10. The lowest BCUT2D eigenvalue weighted by molar-refractivity contribution is 0.0949. The minimum Gasteiger partial charge on any atom is -0.377 e. The number of rotatable bonds is 5. The normalized spacial score (nSPS) is 16.3. The van der Waals surface area contributed by atoms with Crippen molar-refractivity contribution in [1.29, 1.82) is 0 Å².